The number of hydrogen-bond acceptors (Lipinski definition) is 4. The molecule has 2 saturated heterocycles. The van der Waals surface area contributed by atoms with Crippen LogP contribution in [0.5, 0.6) is 5.75 Å². The van der Waals surface area contributed by atoms with Crippen LogP contribution in [0.15, 0.2) is 72.8 Å². The number of aliphatic hydroxyl groups is 1. The maximum atomic E-state index is 12.5. The number of benzene rings is 3. The molecule has 0 bridgehead atoms. The number of para-hydroxylation sites is 1. The van der Waals surface area contributed by atoms with Crippen molar-refractivity contribution in [3.63, 3.8) is 0 Å². The standard InChI is InChI=1S/C32H38N2O3/c35-28(23-33-21-17-26(18-22-33)30-13-8-11-25-9-2-4-12-29(25)30)24-37-31-14-5-3-10-27(31)15-16-32(36)34-19-6-1-7-20-34/h2-5,8-16,26,28,35H,1,6-7,17-24H2. The zero-order valence-corrected chi connectivity index (χ0v) is 21.6. The van der Waals surface area contributed by atoms with Crippen LogP contribution in [-0.2, 0) is 4.79 Å². The Morgan fingerprint density at radius 3 is 2.49 bits per heavy atom. The number of hydrogen-bond donors (Lipinski definition) is 1. The minimum Gasteiger partial charge on any atom is -0.490 e. The molecule has 37 heavy (non-hydrogen) atoms. The molecule has 1 unspecified atom stereocenters. The van der Waals surface area contributed by atoms with Gasteiger partial charge >= 0.3 is 0 Å². The SMILES string of the molecule is O=C(C=Cc1ccccc1OCC(O)CN1CCC(c2cccc3ccccc23)CC1)N1CCCCC1. The van der Waals surface area contributed by atoms with Gasteiger partial charge in [0.15, 0.2) is 0 Å². The quantitative estimate of drug-likeness (QED) is 0.418. The van der Waals surface area contributed by atoms with E-state index in [2.05, 4.69) is 47.4 Å². The van der Waals surface area contributed by atoms with Gasteiger partial charge < -0.3 is 19.6 Å². The molecule has 0 spiro atoms. The van der Waals surface area contributed by atoms with Gasteiger partial charge in [-0.1, -0.05) is 60.7 Å². The van der Waals surface area contributed by atoms with Gasteiger partial charge in [-0.2, -0.15) is 0 Å². The van der Waals surface area contributed by atoms with E-state index in [4.69, 9.17) is 4.74 Å². The van der Waals surface area contributed by atoms with E-state index in [1.807, 2.05) is 35.2 Å². The molecular formula is C32H38N2O3. The molecule has 3 aromatic carbocycles. The molecule has 2 aliphatic heterocycles. The van der Waals surface area contributed by atoms with Crippen LogP contribution in [-0.4, -0.2) is 66.2 Å². The third-order valence-electron chi connectivity index (χ3n) is 7.74. The molecule has 2 heterocycles. The van der Waals surface area contributed by atoms with Crippen molar-refractivity contribution in [1.29, 1.82) is 0 Å². The molecule has 1 N–H and O–H groups in total. The Morgan fingerprint density at radius 2 is 1.65 bits per heavy atom. The van der Waals surface area contributed by atoms with Gasteiger partial charge in [0.25, 0.3) is 0 Å². The highest BCUT2D eigenvalue weighted by atomic mass is 16.5. The van der Waals surface area contributed by atoms with Crippen molar-refractivity contribution in [2.75, 3.05) is 39.3 Å². The van der Waals surface area contributed by atoms with Gasteiger partial charge in [-0.05, 0) is 79.6 Å². The van der Waals surface area contributed by atoms with Crippen molar-refractivity contribution in [3.8, 4) is 5.75 Å². The third kappa shape index (κ3) is 6.60. The summed E-state index contributed by atoms with van der Waals surface area (Å²) in [5.74, 6) is 1.31. The van der Waals surface area contributed by atoms with Crippen molar-refractivity contribution >= 4 is 22.8 Å². The normalized spacial score (nSPS) is 18.4. The highest BCUT2D eigenvalue weighted by Gasteiger charge is 2.23. The average molecular weight is 499 g/mol. The minimum atomic E-state index is -0.568. The molecule has 0 radical (unpaired) electrons. The fourth-order valence-electron chi connectivity index (χ4n) is 5.70. The number of rotatable bonds is 8. The third-order valence-corrected chi connectivity index (χ3v) is 7.74. The number of β-amino-alcohol motifs (C(OH)–C–C–N with tert-alkyl or cyclic N) is 1. The summed E-state index contributed by atoms with van der Waals surface area (Å²) < 4.78 is 6.00. The van der Waals surface area contributed by atoms with E-state index in [1.165, 1.54) is 22.8 Å². The molecule has 5 rings (SSSR count). The molecule has 5 heteroatoms. The lowest BCUT2D eigenvalue weighted by Gasteiger charge is -2.33. The summed E-state index contributed by atoms with van der Waals surface area (Å²) in [6.45, 7) is 4.47. The van der Waals surface area contributed by atoms with Crippen LogP contribution >= 0.6 is 0 Å². The lowest BCUT2D eigenvalue weighted by molar-refractivity contribution is -0.126. The second-order valence-electron chi connectivity index (χ2n) is 10.4. The molecule has 5 nitrogen and oxygen atoms in total. The molecule has 2 aliphatic rings. The van der Waals surface area contributed by atoms with Crippen molar-refractivity contribution < 1.29 is 14.6 Å². The van der Waals surface area contributed by atoms with Gasteiger partial charge in [-0.15, -0.1) is 0 Å². The summed E-state index contributed by atoms with van der Waals surface area (Å²) in [4.78, 5) is 16.8. The van der Waals surface area contributed by atoms with E-state index in [1.54, 1.807) is 6.08 Å². The van der Waals surface area contributed by atoms with Crippen molar-refractivity contribution in [3.05, 3.63) is 83.9 Å². The van der Waals surface area contributed by atoms with Gasteiger partial charge in [0.05, 0.1) is 0 Å². The number of likely N-dealkylation sites (tertiary alicyclic amines) is 2. The van der Waals surface area contributed by atoms with Crippen molar-refractivity contribution in [2.45, 2.75) is 44.1 Å². The fourth-order valence-corrected chi connectivity index (χ4v) is 5.70. The number of nitrogens with zero attached hydrogens (tertiary/aromatic N) is 2. The summed E-state index contributed by atoms with van der Waals surface area (Å²) in [7, 11) is 0. The van der Waals surface area contributed by atoms with Gasteiger partial charge in [0.1, 0.15) is 18.5 Å². The molecule has 1 atom stereocenters. The largest absolute Gasteiger partial charge is 0.490 e. The van der Waals surface area contributed by atoms with Crippen LogP contribution in [0.3, 0.4) is 0 Å². The molecular weight excluding hydrogens is 460 g/mol. The predicted molar refractivity (Wildman–Crippen MR) is 150 cm³/mol. The number of carbonyl (C=O) groups is 1. The van der Waals surface area contributed by atoms with Crippen LogP contribution in [0.25, 0.3) is 16.8 Å². The van der Waals surface area contributed by atoms with Crippen molar-refractivity contribution in [2.24, 2.45) is 0 Å². The predicted octanol–water partition coefficient (Wildman–Crippen LogP) is 5.48. The van der Waals surface area contributed by atoms with Crippen LogP contribution in [0, 0.1) is 0 Å². The first-order chi connectivity index (χ1) is 18.2. The number of carbonyl (C=O) groups excluding carboxylic acids is 1. The van der Waals surface area contributed by atoms with Gasteiger partial charge in [-0.25, -0.2) is 0 Å². The monoisotopic (exact) mass is 498 g/mol. The Kier molecular flexibility index (Phi) is 8.54. The Labute approximate surface area is 220 Å². The summed E-state index contributed by atoms with van der Waals surface area (Å²) in [6, 6.07) is 23.0. The van der Waals surface area contributed by atoms with E-state index >= 15 is 0 Å². The summed E-state index contributed by atoms with van der Waals surface area (Å²) >= 11 is 0. The molecule has 2 fully saturated rings. The lowest BCUT2D eigenvalue weighted by Crippen LogP contribution is -2.40. The summed E-state index contributed by atoms with van der Waals surface area (Å²) in [5.41, 5.74) is 2.31. The number of amides is 1. The zero-order valence-electron chi connectivity index (χ0n) is 21.6. The fraction of sp³-hybridized carbons (Fsp3) is 0.406. The number of piperidine rings is 2. The van der Waals surface area contributed by atoms with E-state index in [9.17, 15) is 9.90 Å². The van der Waals surface area contributed by atoms with Crippen LogP contribution in [0.4, 0.5) is 0 Å². The van der Waals surface area contributed by atoms with Crippen molar-refractivity contribution in [1.82, 2.24) is 9.80 Å². The van der Waals surface area contributed by atoms with E-state index < -0.39 is 6.10 Å². The second-order valence-corrected chi connectivity index (χ2v) is 10.4. The lowest BCUT2D eigenvalue weighted by atomic mass is 9.86. The Morgan fingerprint density at radius 1 is 0.919 bits per heavy atom. The molecule has 0 aromatic heterocycles. The van der Waals surface area contributed by atoms with E-state index in [0.717, 1.165) is 57.4 Å². The smallest absolute Gasteiger partial charge is 0.246 e. The number of fused-ring (bicyclic) bond motifs is 1. The van der Waals surface area contributed by atoms with Crippen LogP contribution < -0.4 is 4.74 Å². The van der Waals surface area contributed by atoms with Gasteiger partial charge in [0, 0.05) is 31.3 Å². The molecule has 0 saturated carbocycles. The maximum absolute atomic E-state index is 12.5. The summed E-state index contributed by atoms with van der Waals surface area (Å²) in [5, 5.41) is 13.4. The zero-order chi connectivity index (χ0) is 25.5. The minimum absolute atomic E-state index is 0.0569. The van der Waals surface area contributed by atoms with Crippen LogP contribution in [0.1, 0.15) is 49.1 Å². The molecule has 0 aliphatic carbocycles. The molecule has 194 valence electrons. The Balaban J connectivity index is 1.11. The molecule has 1 amide bonds. The average Bonchev–Trinajstić information content (AvgIpc) is 2.96. The first-order valence-corrected chi connectivity index (χ1v) is 13.7. The molecule has 3 aromatic rings. The van der Waals surface area contributed by atoms with Crippen LogP contribution in [0.2, 0.25) is 0 Å². The second kappa shape index (κ2) is 12.4. The number of aliphatic hydroxyl groups excluding tert-OH is 1. The topological polar surface area (TPSA) is 53.0 Å². The Hall–Kier alpha value is -3.15. The number of ether oxygens (including phenoxy) is 1. The first kappa shape index (κ1) is 25.5. The Bertz CT molecular complexity index is 1200. The van der Waals surface area contributed by atoms with E-state index in [-0.39, 0.29) is 12.5 Å². The first-order valence-electron chi connectivity index (χ1n) is 13.7. The summed E-state index contributed by atoms with van der Waals surface area (Å²) in [6.07, 6.45) is 8.47. The van der Waals surface area contributed by atoms with E-state index in [0.29, 0.717) is 18.2 Å². The van der Waals surface area contributed by atoms with Gasteiger partial charge in [0.2, 0.25) is 5.91 Å². The van der Waals surface area contributed by atoms with Gasteiger partial charge in [-0.3, -0.25) is 4.79 Å². The highest BCUT2D eigenvalue weighted by molar-refractivity contribution is 5.92. The maximum Gasteiger partial charge on any atom is 0.246 e. The highest BCUT2D eigenvalue weighted by Crippen LogP contribution is 2.33.